The van der Waals surface area contributed by atoms with Gasteiger partial charge in [-0.2, -0.15) is 0 Å². The number of rotatable bonds is 3. The predicted octanol–water partition coefficient (Wildman–Crippen LogP) is 1.27. The van der Waals surface area contributed by atoms with E-state index in [1.165, 1.54) is 0 Å². The van der Waals surface area contributed by atoms with Gasteiger partial charge in [0.15, 0.2) is 0 Å². The molecule has 1 atom stereocenters. The predicted molar refractivity (Wildman–Crippen MR) is 59.7 cm³/mol. The Kier molecular flexibility index (Phi) is 3.88. The summed E-state index contributed by atoms with van der Waals surface area (Å²) in [7, 11) is 0. The van der Waals surface area contributed by atoms with Gasteiger partial charge in [-0.15, -0.1) is 0 Å². The van der Waals surface area contributed by atoms with Crippen LogP contribution in [0.5, 0.6) is 0 Å². The van der Waals surface area contributed by atoms with Gasteiger partial charge in [-0.05, 0) is 30.9 Å². The van der Waals surface area contributed by atoms with Crippen LogP contribution in [0, 0.1) is 0 Å². The van der Waals surface area contributed by atoms with Crippen LogP contribution in [0.2, 0.25) is 0 Å². The van der Waals surface area contributed by atoms with E-state index in [0.717, 1.165) is 24.8 Å². The van der Waals surface area contributed by atoms with Gasteiger partial charge in [-0.3, -0.25) is 9.78 Å². The van der Waals surface area contributed by atoms with Gasteiger partial charge in [0.25, 0.3) is 0 Å². The van der Waals surface area contributed by atoms with Crippen LogP contribution in [-0.2, 0) is 16.1 Å². The molecule has 1 aromatic heterocycles. The SMILES string of the molecule is O=C(NCc1cccnc1)C1CCCCO1. The van der Waals surface area contributed by atoms with E-state index in [1.54, 1.807) is 12.4 Å². The van der Waals surface area contributed by atoms with Crippen molar-refractivity contribution < 1.29 is 9.53 Å². The summed E-state index contributed by atoms with van der Waals surface area (Å²) >= 11 is 0. The van der Waals surface area contributed by atoms with E-state index in [9.17, 15) is 4.79 Å². The minimum atomic E-state index is -0.259. The van der Waals surface area contributed by atoms with Gasteiger partial charge in [0.1, 0.15) is 6.10 Å². The summed E-state index contributed by atoms with van der Waals surface area (Å²) < 4.78 is 5.40. The van der Waals surface area contributed by atoms with Gasteiger partial charge in [0.05, 0.1) is 0 Å². The molecule has 0 radical (unpaired) electrons. The maximum absolute atomic E-state index is 11.7. The number of pyridine rings is 1. The Morgan fingerprint density at radius 1 is 1.56 bits per heavy atom. The first-order chi connectivity index (χ1) is 7.86. The molecule has 1 fully saturated rings. The zero-order chi connectivity index (χ0) is 11.2. The highest BCUT2D eigenvalue weighted by Crippen LogP contribution is 2.12. The van der Waals surface area contributed by atoms with Crippen LogP contribution < -0.4 is 5.32 Å². The number of aromatic nitrogens is 1. The quantitative estimate of drug-likeness (QED) is 0.834. The zero-order valence-electron chi connectivity index (χ0n) is 9.19. The molecule has 1 N–H and O–H groups in total. The van der Waals surface area contributed by atoms with Crippen LogP contribution >= 0.6 is 0 Å². The van der Waals surface area contributed by atoms with Gasteiger partial charge >= 0.3 is 0 Å². The third kappa shape index (κ3) is 3.03. The number of ether oxygens (including phenoxy) is 1. The molecule has 2 heterocycles. The standard InChI is InChI=1S/C12H16N2O2/c15-12(11-5-1-2-7-16-11)14-9-10-4-3-6-13-8-10/h3-4,6,8,11H,1-2,5,7,9H2,(H,14,15). The Morgan fingerprint density at radius 3 is 3.19 bits per heavy atom. The Bertz CT molecular complexity index is 334. The number of nitrogens with zero attached hydrogens (tertiary/aromatic N) is 1. The first-order valence-electron chi connectivity index (χ1n) is 5.64. The molecule has 4 nitrogen and oxygen atoms in total. The maximum atomic E-state index is 11.7. The Labute approximate surface area is 95.0 Å². The summed E-state index contributed by atoms with van der Waals surface area (Å²) in [5, 5.41) is 2.86. The molecule has 0 aliphatic carbocycles. The van der Waals surface area contributed by atoms with Gasteiger partial charge in [0.2, 0.25) is 5.91 Å². The molecule has 0 bridgehead atoms. The van der Waals surface area contributed by atoms with Crippen molar-refractivity contribution in [3.8, 4) is 0 Å². The first kappa shape index (κ1) is 11.1. The van der Waals surface area contributed by atoms with E-state index in [4.69, 9.17) is 4.74 Å². The summed E-state index contributed by atoms with van der Waals surface area (Å²) in [6, 6.07) is 3.80. The number of amides is 1. The summed E-state index contributed by atoms with van der Waals surface area (Å²) in [6.07, 6.45) is 6.18. The molecule has 4 heteroatoms. The van der Waals surface area contributed by atoms with Crippen molar-refractivity contribution in [2.45, 2.75) is 31.9 Å². The molecule has 1 aliphatic heterocycles. The fourth-order valence-electron chi connectivity index (χ4n) is 1.75. The number of carbonyl (C=O) groups is 1. The summed E-state index contributed by atoms with van der Waals surface area (Å²) in [4.78, 5) is 15.7. The lowest BCUT2D eigenvalue weighted by molar-refractivity contribution is -0.135. The van der Waals surface area contributed by atoms with Crippen molar-refractivity contribution in [3.05, 3.63) is 30.1 Å². The second kappa shape index (κ2) is 5.61. The smallest absolute Gasteiger partial charge is 0.249 e. The molecule has 2 rings (SSSR count). The van der Waals surface area contributed by atoms with Crippen LogP contribution in [0.3, 0.4) is 0 Å². The highest BCUT2D eigenvalue weighted by molar-refractivity contribution is 5.80. The van der Waals surface area contributed by atoms with E-state index >= 15 is 0 Å². The average molecular weight is 220 g/mol. The molecule has 16 heavy (non-hydrogen) atoms. The van der Waals surface area contributed by atoms with Gasteiger partial charge in [0, 0.05) is 25.5 Å². The summed E-state index contributed by atoms with van der Waals surface area (Å²) in [5.41, 5.74) is 1.01. The van der Waals surface area contributed by atoms with Crippen LogP contribution in [0.1, 0.15) is 24.8 Å². The van der Waals surface area contributed by atoms with Crippen molar-refractivity contribution in [2.75, 3.05) is 6.61 Å². The largest absolute Gasteiger partial charge is 0.368 e. The molecule has 1 aromatic rings. The average Bonchev–Trinajstić information content (AvgIpc) is 2.38. The maximum Gasteiger partial charge on any atom is 0.249 e. The Balaban J connectivity index is 1.79. The monoisotopic (exact) mass is 220 g/mol. The molecular weight excluding hydrogens is 204 g/mol. The highest BCUT2D eigenvalue weighted by Gasteiger charge is 2.21. The van der Waals surface area contributed by atoms with Gasteiger partial charge in [-0.25, -0.2) is 0 Å². The topological polar surface area (TPSA) is 51.2 Å². The van der Waals surface area contributed by atoms with Crippen LogP contribution in [-0.4, -0.2) is 23.6 Å². The molecule has 0 saturated carbocycles. The van der Waals surface area contributed by atoms with E-state index in [0.29, 0.717) is 13.2 Å². The van der Waals surface area contributed by atoms with E-state index in [2.05, 4.69) is 10.3 Å². The van der Waals surface area contributed by atoms with E-state index in [-0.39, 0.29) is 12.0 Å². The first-order valence-corrected chi connectivity index (χ1v) is 5.64. The molecular formula is C12H16N2O2. The molecule has 86 valence electrons. The van der Waals surface area contributed by atoms with Crippen molar-refractivity contribution in [3.63, 3.8) is 0 Å². The molecule has 0 spiro atoms. The lowest BCUT2D eigenvalue weighted by Crippen LogP contribution is -2.37. The highest BCUT2D eigenvalue weighted by atomic mass is 16.5. The molecule has 0 aromatic carbocycles. The van der Waals surface area contributed by atoms with Crippen molar-refractivity contribution in [2.24, 2.45) is 0 Å². The van der Waals surface area contributed by atoms with E-state index in [1.807, 2.05) is 12.1 Å². The second-order valence-corrected chi connectivity index (χ2v) is 3.93. The zero-order valence-corrected chi connectivity index (χ0v) is 9.19. The minimum Gasteiger partial charge on any atom is -0.368 e. The van der Waals surface area contributed by atoms with Crippen molar-refractivity contribution >= 4 is 5.91 Å². The summed E-state index contributed by atoms with van der Waals surface area (Å²) in [5.74, 6) is -0.0106. The van der Waals surface area contributed by atoms with Crippen molar-refractivity contribution in [1.82, 2.24) is 10.3 Å². The molecule has 1 unspecified atom stereocenters. The fourth-order valence-corrected chi connectivity index (χ4v) is 1.75. The van der Waals surface area contributed by atoms with Crippen LogP contribution in [0.15, 0.2) is 24.5 Å². The number of carbonyl (C=O) groups excluding carboxylic acids is 1. The summed E-state index contributed by atoms with van der Waals surface area (Å²) in [6.45, 7) is 1.22. The fraction of sp³-hybridized carbons (Fsp3) is 0.500. The lowest BCUT2D eigenvalue weighted by Gasteiger charge is -2.21. The molecule has 1 saturated heterocycles. The van der Waals surface area contributed by atoms with Crippen LogP contribution in [0.4, 0.5) is 0 Å². The molecule has 1 amide bonds. The van der Waals surface area contributed by atoms with E-state index < -0.39 is 0 Å². The number of nitrogens with one attached hydrogen (secondary N) is 1. The Morgan fingerprint density at radius 2 is 2.50 bits per heavy atom. The minimum absolute atomic E-state index is 0.0106. The Hall–Kier alpha value is -1.42. The third-order valence-corrected chi connectivity index (χ3v) is 2.66. The van der Waals surface area contributed by atoms with Crippen molar-refractivity contribution in [1.29, 1.82) is 0 Å². The molecule has 1 aliphatic rings. The normalized spacial score (nSPS) is 20.4. The van der Waals surface area contributed by atoms with Gasteiger partial charge in [-0.1, -0.05) is 6.07 Å². The number of hydrogen-bond acceptors (Lipinski definition) is 3. The number of hydrogen-bond donors (Lipinski definition) is 1. The lowest BCUT2D eigenvalue weighted by atomic mass is 10.1. The van der Waals surface area contributed by atoms with Crippen LogP contribution in [0.25, 0.3) is 0 Å². The second-order valence-electron chi connectivity index (χ2n) is 3.93. The van der Waals surface area contributed by atoms with Gasteiger partial charge < -0.3 is 10.1 Å². The third-order valence-electron chi connectivity index (χ3n) is 2.66.